The zero-order valence-electron chi connectivity index (χ0n) is 23.2. The zero-order chi connectivity index (χ0) is 28.1. The van der Waals surface area contributed by atoms with Gasteiger partial charge in [0.15, 0.2) is 11.0 Å². The number of halogens is 2. The summed E-state index contributed by atoms with van der Waals surface area (Å²) in [6.45, 7) is 15.1. The van der Waals surface area contributed by atoms with Crippen LogP contribution in [0.5, 0.6) is 0 Å². The minimum absolute atomic E-state index is 0.0682. The number of carbonyl (C=O) groups is 1. The fraction of sp³-hybridized carbons (Fsp3) is 0.483. The van der Waals surface area contributed by atoms with E-state index in [4.69, 9.17) is 11.6 Å². The number of likely N-dealkylation sites (tertiary alicyclic amines) is 1. The van der Waals surface area contributed by atoms with E-state index in [0.717, 1.165) is 55.7 Å². The molecule has 1 amide bonds. The standard InChI is InChI=1S/C29H37ClFN7O/c1-6-22-18-37(28-26(30)32-25(27(31)33-28)24(7-2)35-34-19(3)4)16-17-38(22)23-12-14-36(15-13-23)29(39)21-10-8-20(5)9-11-21/h7-11,22-23H,2,6,12-18H2,1,3-5H3/b35-24+. The highest BCUT2D eigenvalue weighted by Gasteiger charge is 2.35. The number of piperazine rings is 1. The van der Waals surface area contributed by atoms with Crippen molar-refractivity contribution < 1.29 is 9.18 Å². The van der Waals surface area contributed by atoms with Crippen LogP contribution in [0.2, 0.25) is 5.15 Å². The predicted octanol–water partition coefficient (Wildman–Crippen LogP) is 5.15. The van der Waals surface area contributed by atoms with E-state index in [0.29, 0.717) is 24.9 Å². The summed E-state index contributed by atoms with van der Waals surface area (Å²) in [5, 5.41) is 8.13. The number of carbonyl (C=O) groups excluding carboxylic acids is 1. The van der Waals surface area contributed by atoms with E-state index in [1.807, 2.05) is 41.0 Å². The van der Waals surface area contributed by atoms with Gasteiger partial charge in [-0.2, -0.15) is 14.5 Å². The molecule has 0 bridgehead atoms. The number of aromatic nitrogens is 2. The molecular formula is C29H37ClFN7O. The number of anilines is 1. The number of hydrogen-bond acceptors (Lipinski definition) is 7. The number of amides is 1. The van der Waals surface area contributed by atoms with Gasteiger partial charge in [0, 0.05) is 56.1 Å². The molecule has 2 aliphatic heterocycles. The van der Waals surface area contributed by atoms with Crippen LogP contribution in [0.4, 0.5) is 10.2 Å². The van der Waals surface area contributed by atoms with E-state index in [9.17, 15) is 4.79 Å². The molecule has 2 saturated heterocycles. The maximum Gasteiger partial charge on any atom is 0.253 e. The molecule has 39 heavy (non-hydrogen) atoms. The molecule has 0 saturated carbocycles. The highest BCUT2D eigenvalue weighted by Crippen LogP contribution is 2.29. The highest BCUT2D eigenvalue weighted by atomic mass is 35.5. The zero-order valence-corrected chi connectivity index (χ0v) is 24.0. The van der Waals surface area contributed by atoms with Gasteiger partial charge in [0.1, 0.15) is 11.4 Å². The molecule has 3 heterocycles. The second-order valence-electron chi connectivity index (χ2n) is 10.3. The third-order valence-corrected chi connectivity index (χ3v) is 7.66. The van der Waals surface area contributed by atoms with Crippen molar-refractivity contribution in [2.24, 2.45) is 10.2 Å². The average Bonchev–Trinajstić information content (AvgIpc) is 2.94. The first-order valence-electron chi connectivity index (χ1n) is 13.5. The summed E-state index contributed by atoms with van der Waals surface area (Å²) in [4.78, 5) is 27.9. The van der Waals surface area contributed by atoms with Crippen molar-refractivity contribution in [3.8, 4) is 0 Å². The van der Waals surface area contributed by atoms with Crippen molar-refractivity contribution in [2.75, 3.05) is 37.6 Å². The molecule has 0 aliphatic carbocycles. The molecule has 2 aliphatic rings. The Morgan fingerprint density at radius 2 is 1.82 bits per heavy atom. The fourth-order valence-corrected chi connectivity index (χ4v) is 5.52. The van der Waals surface area contributed by atoms with Gasteiger partial charge >= 0.3 is 0 Å². The van der Waals surface area contributed by atoms with Crippen LogP contribution in [-0.2, 0) is 0 Å². The Kier molecular flexibility index (Phi) is 9.45. The first-order chi connectivity index (χ1) is 18.7. The van der Waals surface area contributed by atoms with Gasteiger partial charge in [-0.15, -0.1) is 5.10 Å². The van der Waals surface area contributed by atoms with Crippen molar-refractivity contribution in [2.45, 2.75) is 59.0 Å². The predicted molar refractivity (Wildman–Crippen MR) is 156 cm³/mol. The summed E-state index contributed by atoms with van der Waals surface area (Å²) in [5.41, 5.74) is 2.72. The Bertz CT molecular complexity index is 1250. The number of nitrogens with zero attached hydrogens (tertiary/aromatic N) is 7. The van der Waals surface area contributed by atoms with E-state index in [1.54, 1.807) is 13.8 Å². The molecule has 8 nitrogen and oxygen atoms in total. The van der Waals surface area contributed by atoms with Crippen LogP contribution >= 0.6 is 11.6 Å². The third-order valence-electron chi connectivity index (χ3n) is 7.41. The number of piperidine rings is 1. The largest absolute Gasteiger partial charge is 0.351 e. The molecule has 4 rings (SSSR count). The van der Waals surface area contributed by atoms with Crippen LogP contribution in [0.3, 0.4) is 0 Å². The highest BCUT2D eigenvalue weighted by molar-refractivity contribution is 6.32. The lowest BCUT2D eigenvalue weighted by molar-refractivity contribution is 0.0490. The topological polar surface area (TPSA) is 77.3 Å². The normalized spacial score (nSPS) is 19.2. The SMILES string of the molecule is C=C/C(=N\N=C(C)C)c1nc(Cl)c(N2CCN(C3CCN(C(=O)c4ccc(C)cc4)CC3)C(CC)C2)nc1F. The molecule has 10 heteroatoms. The lowest BCUT2D eigenvalue weighted by atomic mass is 9.97. The fourth-order valence-electron chi connectivity index (χ4n) is 5.27. The summed E-state index contributed by atoms with van der Waals surface area (Å²) >= 11 is 6.52. The molecule has 0 spiro atoms. The molecule has 1 atom stereocenters. The van der Waals surface area contributed by atoms with E-state index in [2.05, 4.69) is 38.6 Å². The first-order valence-corrected chi connectivity index (χ1v) is 13.9. The maximum atomic E-state index is 15.1. The monoisotopic (exact) mass is 553 g/mol. The van der Waals surface area contributed by atoms with Gasteiger partial charge in [-0.25, -0.2) is 4.98 Å². The number of hydrogen-bond donors (Lipinski definition) is 0. The van der Waals surface area contributed by atoms with Gasteiger partial charge in [-0.1, -0.05) is 42.8 Å². The maximum absolute atomic E-state index is 15.1. The van der Waals surface area contributed by atoms with Crippen LogP contribution in [0, 0.1) is 12.9 Å². The first kappa shape index (κ1) is 28.8. The summed E-state index contributed by atoms with van der Waals surface area (Å²) in [6.07, 6.45) is 4.19. The van der Waals surface area contributed by atoms with Gasteiger partial charge in [-0.05, 0) is 58.2 Å². The van der Waals surface area contributed by atoms with Gasteiger partial charge in [0.05, 0.1) is 0 Å². The van der Waals surface area contributed by atoms with Crippen LogP contribution in [0.1, 0.15) is 61.6 Å². The lowest BCUT2D eigenvalue weighted by Gasteiger charge is -2.47. The second kappa shape index (κ2) is 12.8. The van der Waals surface area contributed by atoms with E-state index < -0.39 is 5.95 Å². The molecule has 208 valence electrons. The van der Waals surface area contributed by atoms with Gasteiger partial charge in [0.2, 0.25) is 5.95 Å². The summed E-state index contributed by atoms with van der Waals surface area (Å²) in [7, 11) is 0. The Balaban J connectivity index is 1.41. The summed E-state index contributed by atoms with van der Waals surface area (Å²) in [5.74, 6) is -0.309. The Morgan fingerprint density at radius 3 is 2.44 bits per heavy atom. The van der Waals surface area contributed by atoms with Crippen LogP contribution in [0.25, 0.3) is 0 Å². The molecule has 2 aromatic rings. The van der Waals surface area contributed by atoms with Crippen molar-refractivity contribution in [3.05, 3.63) is 64.8 Å². The molecule has 0 radical (unpaired) electrons. The Hall–Kier alpha value is -3.17. The quantitative estimate of drug-likeness (QED) is 0.350. The van der Waals surface area contributed by atoms with Gasteiger partial charge in [-0.3, -0.25) is 9.69 Å². The Labute approximate surface area is 235 Å². The number of aryl methyl sites for hydroxylation is 1. The van der Waals surface area contributed by atoms with Crippen LogP contribution in [-0.4, -0.2) is 81.9 Å². The number of benzene rings is 1. The van der Waals surface area contributed by atoms with Gasteiger partial charge < -0.3 is 9.80 Å². The van der Waals surface area contributed by atoms with Crippen molar-refractivity contribution >= 4 is 34.7 Å². The van der Waals surface area contributed by atoms with Crippen LogP contribution < -0.4 is 4.90 Å². The third kappa shape index (κ3) is 6.70. The minimum atomic E-state index is -0.752. The summed E-state index contributed by atoms with van der Waals surface area (Å²) in [6, 6.07) is 8.43. The van der Waals surface area contributed by atoms with Crippen molar-refractivity contribution in [3.63, 3.8) is 0 Å². The molecule has 1 aromatic carbocycles. The van der Waals surface area contributed by atoms with E-state index in [-0.39, 0.29) is 28.5 Å². The lowest BCUT2D eigenvalue weighted by Crippen LogP contribution is -2.58. The summed E-state index contributed by atoms with van der Waals surface area (Å²) < 4.78 is 15.1. The van der Waals surface area contributed by atoms with E-state index in [1.165, 1.54) is 6.08 Å². The van der Waals surface area contributed by atoms with Crippen LogP contribution in [0.15, 0.2) is 47.1 Å². The second-order valence-corrected chi connectivity index (χ2v) is 10.7. The molecule has 1 unspecified atom stereocenters. The van der Waals surface area contributed by atoms with E-state index >= 15 is 4.39 Å². The smallest absolute Gasteiger partial charge is 0.253 e. The minimum Gasteiger partial charge on any atom is -0.351 e. The number of rotatable bonds is 7. The molecule has 2 fully saturated rings. The van der Waals surface area contributed by atoms with Gasteiger partial charge in [0.25, 0.3) is 5.91 Å². The van der Waals surface area contributed by atoms with Crippen molar-refractivity contribution in [1.29, 1.82) is 0 Å². The average molecular weight is 554 g/mol. The Morgan fingerprint density at radius 1 is 1.13 bits per heavy atom. The molecular weight excluding hydrogens is 517 g/mol. The molecule has 0 N–H and O–H groups in total. The molecule has 1 aromatic heterocycles. The number of allylic oxidation sites excluding steroid dienone is 1. The van der Waals surface area contributed by atoms with Crippen molar-refractivity contribution in [1.82, 2.24) is 19.8 Å².